The molecule has 0 aliphatic carbocycles. The predicted molar refractivity (Wildman–Crippen MR) is 41.1 cm³/mol. The van der Waals surface area contributed by atoms with Crippen molar-refractivity contribution in [3.05, 3.63) is 29.3 Å². The SMILES string of the molecule is N#Cc1cc(F)c(OBO)c(F)c1. The Morgan fingerprint density at radius 1 is 1.38 bits per heavy atom. The van der Waals surface area contributed by atoms with E-state index in [4.69, 9.17) is 10.3 Å². The lowest BCUT2D eigenvalue weighted by Gasteiger charge is -2.04. The van der Waals surface area contributed by atoms with E-state index in [2.05, 4.69) is 4.65 Å². The number of hydrogen-bond acceptors (Lipinski definition) is 3. The smallest absolute Gasteiger partial charge is 0.504 e. The van der Waals surface area contributed by atoms with E-state index in [-0.39, 0.29) is 5.56 Å². The Kier molecular flexibility index (Phi) is 2.82. The number of halogens is 2. The van der Waals surface area contributed by atoms with Crippen molar-refractivity contribution < 1.29 is 18.5 Å². The molecule has 0 saturated carbocycles. The molecule has 0 radical (unpaired) electrons. The summed E-state index contributed by atoms with van der Waals surface area (Å²) in [6, 6.07) is 3.23. The molecule has 0 spiro atoms. The van der Waals surface area contributed by atoms with E-state index < -0.39 is 25.1 Å². The van der Waals surface area contributed by atoms with Crippen LogP contribution in [0, 0.1) is 23.0 Å². The van der Waals surface area contributed by atoms with Gasteiger partial charge in [-0.1, -0.05) is 0 Å². The van der Waals surface area contributed by atoms with Crippen LogP contribution in [-0.2, 0) is 0 Å². The molecule has 0 atom stereocenters. The van der Waals surface area contributed by atoms with Gasteiger partial charge in [-0.15, -0.1) is 0 Å². The van der Waals surface area contributed by atoms with Gasteiger partial charge >= 0.3 is 7.69 Å². The van der Waals surface area contributed by atoms with Gasteiger partial charge in [-0.05, 0) is 12.1 Å². The monoisotopic (exact) mass is 183 g/mol. The zero-order valence-corrected chi connectivity index (χ0v) is 6.42. The van der Waals surface area contributed by atoms with Crippen molar-refractivity contribution in [2.45, 2.75) is 0 Å². The fraction of sp³-hybridized carbons (Fsp3) is 0. The summed E-state index contributed by atoms with van der Waals surface area (Å²) in [6.07, 6.45) is 0. The summed E-state index contributed by atoms with van der Waals surface area (Å²) in [5, 5.41) is 16.6. The molecule has 0 heterocycles. The first-order valence-electron chi connectivity index (χ1n) is 3.32. The van der Waals surface area contributed by atoms with E-state index in [0.717, 1.165) is 12.1 Å². The lowest BCUT2D eigenvalue weighted by molar-refractivity contribution is 0.407. The van der Waals surface area contributed by atoms with Gasteiger partial charge in [0.2, 0.25) is 0 Å². The summed E-state index contributed by atoms with van der Waals surface area (Å²) in [5.41, 5.74) is -0.139. The van der Waals surface area contributed by atoms with E-state index >= 15 is 0 Å². The molecule has 13 heavy (non-hydrogen) atoms. The Balaban J connectivity index is 3.17. The second-order valence-corrected chi connectivity index (χ2v) is 2.15. The van der Waals surface area contributed by atoms with Crippen LogP contribution in [0.25, 0.3) is 0 Å². The molecule has 0 aliphatic heterocycles. The van der Waals surface area contributed by atoms with Gasteiger partial charge in [-0.3, -0.25) is 0 Å². The second-order valence-electron chi connectivity index (χ2n) is 2.15. The maximum absolute atomic E-state index is 12.9. The number of nitrogens with zero attached hydrogens (tertiary/aromatic N) is 1. The van der Waals surface area contributed by atoms with Crippen LogP contribution in [0.4, 0.5) is 8.78 Å². The van der Waals surface area contributed by atoms with Crippen molar-refractivity contribution in [2.24, 2.45) is 0 Å². The maximum atomic E-state index is 12.9. The lowest BCUT2D eigenvalue weighted by Crippen LogP contribution is -2.04. The van der Waals surface area contributed by atoms with Gasteiger partial charge in [0.15, 0.2) is 17.4 Å². The molecule has 0 saturated heterocycles. The zero-order chi connectivity index (χ0) is 9.84. The molecule has 1 aromatic carbocycles. The van der Waals surface area contributed by atoms with Crippen molar-refractivity contribution in [1.82, 2.24) is 0 Å². The van der Waals surface area contributed by atoms with E-state index in [1.54, 1.807) is 6.07 Å². The van der Waals surface area contributed by atoms with Crippen LogP contribution in [0.5, 0.6) is 5.75 Å². The van der Waals surface area contributed by atoms with E-state index in [1.807, 2.05) is 0 Å². The average molecular weight is 183 g/mol. The molecular weight excluding hydrogens is 179 g/mol. The van der Waals surface area contributed by atoms with Crippen molar-refractivity contribution in [1.29, 1.82) is 5.26 Å². The molecule has 0 bridgehead atoms. The van der Waals surface area contributed by atoms with Crippen molar-refractivity contribution in [3.8, 4) is 11.8 Å². The molecule has 6 heteroatoms. The number of hydrogen-bond donors (Lipinski definition) is 1. The molecular formula is C7H4BF2NO2. The van der Waals surface area contributed by atoms with E-state index in [0.29, 0.717) is 0 Å². The topological polar surface area (TPSA) is 53.2 Å². The Bertz CT molecular complexity index is 341. The van der Waals surface area contributed by atoms with E-state index in [9.17, 15) is 8.78 Å². The van der Waals surface area contributed by atoms with Crippen molar-refractivity contribution in [2.75, 3.05) is 0 Å². The summed E-state index contributed by atoms with van der Waals surface area (Å²) in [5.74, 6) is -2.70. The largest absolute Gasteiger partial charge is 0.535 e. The summed E-state index contributed by atoms with van der Waals surface area (Å²) in [6.45, 7) is 0. The number of rotatable bonds is 2. The lowest BCUT2D eigenvalue weighted by atomic mass is 10.2. The second kappa shape index (κ2) is 3.87. The highest BCUT2D eigenvalue weighted by atomic mass is 19.1. The number of benzene rings is 1. The third-order valence-electron chi connectivity index (χ3n) is 1.34. The van der Waals surface area contributed by atoms with Crippen LogP contribution in [0.3, 0.4) is 0 Å². The molecule has 0 amide bonds. The molecule has 3 nitrogen and oxygen atoms in total. The normalized spacial score (nSPS) is 9.08. The van der Waals surface area contributed by atoms with Gasteiger partial charge < -0.3 is 9.68 Å². The Morgan fingerprint density at radius 2 is 1.92 bits per heavy atom. The average Bonchev–Trinajstić information content (AvgIpc) is 2.11. The molecule has 0 aromatic heterocycles. The summed E-state index contributed by atoms with van der Waals surface area (Å²) in [7, 11) is -0.820. The molecule has 0 aliphatic rings. The standard InChI is InChI=1S/C7H4BF2NO2/c9-5-1-4(3-11)2-6(10)7(5)13-8-12/h1-2,8,12H. The Morgan fingerprint density at radius 3 is 2.31 bits per heavy atom. The van der Waals surface area contributed by atoms with Gasteiger partial charge in [0.05, 0.1) is 11.6 Å². The van der Waals surface area contributed by atoms with Gasteiger partial charge in [-0.25, -0.2) is 8.78 Å². The maximum Gasteiger partial charge on any atom is 0.504 e. The van der Waals surface area contributed by atoms with Crippen molar-refractivity contribution in [3.63, 3.8) is 0 Å². The van der Waals surface area contributed by atoms with Gasteiger partial charge in [-0.2, -0.15) is 5.26 Å². The van der Waals surface area contributed by atoms with Gasteiger partial charge in [0.1, 0.15) is 0 Å². The highest BCUT2D eigenvalue weighted by Crippen LogP contribution is 2.22. The zero-order valence-electron chi connectivity index (χ0n) is 6.42. The van der Waals surface area contributed by atoms with Crippen LogP contribution < -0.4 is 4.65 Å². The molecule has 1 aromatic rings. The minimum absolute atomic E-state index is 0.139. The first-order chi connectivity index (χ1) is 6.19. The first-order valence-corrected chi connectivity index (χ1v) is 3.32. The third kappa shape index (κ3) is 1.95. The van der Waals surface area contributed by atoms with Crippen LogP contribution in [0.15, 0.2) is 12.1 Å². The summed E-state index contributed by atoms with van der Waals surface area (Å²) >= 11 is 0. The quantitative estimate of drug-likeness (QED) is 0.678. The minimum Gasteiger partial charge on any atom is -0.535 e. The highest BCUT2D eigenvalue weighted by Gasteiger charge is 2.11. The number of nitriles is 1. The Labute approximate surface area is 73.5 Å². The molecule has 0 unspecified atom stereocenters. The van der Waals surface area contributed by atoms with Crippen molar-refractivity contribution >= 4 is 7.69 Å². The first kappa shape index (κ1) is 9.48. The fourth-order valence-electron chi connectivity index (χ4n) is 0.827. The summed E-state index contributed by atoms with van der Waals surface area (Å²) < 4.78 is 30.0. The van der Waals surface area contributed by atoms with E-state index in [1.165, 1.54) is 0 Å². The molecule has 1 N–H and O–H groups in total. The van der Waals surface area contributed by atoms with Crippen LogP contribution in [0.1, 0.15) is 5.56 Å². The van der Waals surface area contributed by atoms with Crippen LogP contribution in [0.2, 0.25) is 0 Å². The molecule has 0 fully saturated rings. The van der Waals surface area contributed by atoms with Crippen LogP contribution >= 0.6 is 0 Å². The third-order valence-corrected chi connectivity index (χ3v) is 1.34. The summed E-state index contributed by atoms with van der Waals surface area (Å²) in [4.78, 5) is 0. The minimum atomic E-state index is -1.01. The van der Waals surface area contributed by atoms with Gasteiger partial charge in [0, 0.05) is 0 Å². The Hall–Kier alpha value is -1.61. The highest BCUT2D eigenvalue weighted by molar-refractivity contribution is 6.17. The molecule has 1 rings (SSSR count). The predicted octanol–water partition coefficient (Wildman–Crippen LogP) is 0.474. The molecule has 66 valence electrons. The van der Waals surface area contributed by atoms with Crippen LogP contribution in [-0.4, -0.2) is 12.7 Å². The fourth-order valence-corrected chi connectivity index (χ4v) is 0.827. The van der Waals surface area contributed by atoms with Gasteiger partial charge in [0.25, 0.3) is 0 Å².